The van der Waals surface area contributed by atoms with Crippen molar-refractivity contribution in [1.82, 2.24) is 29.7 Å². The number of nitrogens with zero attached hydrogens (tertiary/aromatic N) is 9. The van der Waals surface area contributed by atoms with Crippen LogP contribution < -0.4 is 15.0 Å². The van der Waals surface area contributed by atoms with Crippen LogP contribution in [0.4, 0.5) is 17.3 Å². The van der Waals surface area contributed by atoms with Gasteiger partial charge in [0.1, 0.15) is 17.3 Å². The Morgan fingerprint density at radius 2 is 2.03 bits per heavy atom. The molecule has 0 atom stereocenters. The Balaban J connectivity index is 1.39. The van der Waals surface area contributed by atoms with Crippen LogP contribution >= 0.6 is 0 Å². The molecule has 1 N–H and O–H groups in total. The number of aromatic nitrogens is 6. The lowest BCUT2D eigenvalue weighted by Gasteiger charge is -2.27. The molecule has 35 heavy (non-hydrogen) atoms. The fourth-order valence-corrected chi connectivity index (χ4v) is 3.97. The minimum atomic E-state index is 0.105. The molecule has 4 aromatic rings. The second-order valence-electron chi connectivity index (χ2n) is 8.33. The van der Waals surface area contributed by atoms with Crippen LogP contribution in [0.25, 0.3) is 16.0 Å². The Morgan fingerprint density at radius 1 is 1.20 bits per heavy atom. The molecule has 174 valence electrons. The second-order valence-corrected chi connectivity index (χ2v) is 8.33. The molecule has 0 aromatic carbocycles. The van der Waals surface area contributed by atoms with Crippen LogP contribution in [0.5, 0.6) is 11.6 Å². The number of anilines is 3. The fourth-order valence-electron chi connectivity index (χ4n) is 3.97. The lowest BCUT2D eigenvalue weighted by atomic mass is 10.1. The summed E-state index contributed by atoms with van der Waals surface area (Å²) in [7, 11) is 1.86. The number of hydrogen-bond donors (Lipinski definition) is 1. The monoisotopic (exact) mass is 466 g/mol. The van der Waals surface area contributed by atoms with Crippen LogP contribution in [-0.4, -0.2) is 48.8 Å². The number of nitriles is 1. The van der Waals surface area contributed by atoms with Crippen molar-refractivity contribution in [2.24, 2.45) is 7.05 Å². The van der Waals surface area contributed by atoms with E-state index in [1.807, 2.05) is 32.2 Å². The van der Waals surface area contributed by atoms with Crippen molar-refractivity contribution in [3.8, 4) is 17.7 Å². The molecule has 0 aliphatic carbocycles. The van der Waals surface area contributed by atoms with Gasteiger partial charge in [0, 0.05) is 39.0 Å². The first-order valence-electron chi connectivity index (χ1n) is 11.1. The van der Waals surface area contributed by atoms with Crippen LogP contribution in [0.3, 0.4) is 0 Å². The molecule has 11 nitrogen and oxygen atoms in total. The third-order valence-electron chi connectivity index (χ3n) is 5.92. The molecule has 11 heteroatoms. The van der Waals surface area contributed by atoms with Crippen LogP contribution in [-0.2, 0) is 7.05 Å². The molecular weight excluding hydrogens is 444 g/mol. The van der Waals surface area contributed by atoms with E-state index >= 15 is 0 Å². The number of pyridine rings is 2. The largest absolute Gasteiger partial charge is 0.437 e. The van der Waals surface area contributed by atoms with Crippen molar-refractivity contribution in [3.63, 3.8) is 0 Å². The van der Waals surface area contributed by atoms with E-state index in [9.17, 15) is 0 Å². The molecule has 4 aromatic heterocycles. The summed E-state index contributed by atoms with van der Waals surface area (Å²) in [5.41, 5.74) is 3.08. The maximum absolute atomic E-state index is 9.05. The molecule has 0 bridgehead atoms. The molecule has 5 heterocycles. The predicted octanol–water partition coefficient (Wildman–Crippen LogP) is 3.76. The van der Waals surface area contributed by atoms with Gasteiger partial charge in [-0.1, -0.05) is 0 Å². The van der Waals surface area contributed by atoms with E-state index < -0.39 is 0 Å². The van der Waals surface area contributed by atoms with Crippen molar-refractivity contribution < 1.29 is 4.74 Å². The van der Waals surface area contributed by atoms with Crippen molar-refractivity contribution in [1.29, 1.82) is 5.26 Å². The zero-order valence-electron chi connectivity index (χ0n) is 19.3. The van der Waals surface area contributed by atoms with Gasteiger partial charge in [-0.25, -0.2) is 16.5 Å². The Kier molecular flexibility index (Phi) is 5.81. The van der Waals surface area contributed by atoms with Crippen LogP contribution in [0.15, 0.2) is 36.8 Å². The summed E-state index contributed by atoms with van der Waals surface area (Å²) < 4.78 is 7.81. The summed E-state index contributed by atoms with van der Waals surface area (Å²) in [6, 6.07) is 9.33. The van der Waals surface area contributed by atoms with Crippen molar-refractivity contribution >= 4 is 28.5 Å². The first-order chi connectivity index (χ1) is 17.0. The van der Waals surface area contributed by atoms with E-state index in [-0.39, 0.29) is 6.04 Å². The van der Waals surface area contributed by atoms with E-state index in [2.05, 4.69) is 40.2 Å². The molecule has 0 unspecified atom stereocenters. The van der Waals surface area contributed by atoms with Gasteiger partial charge in [0.25, 0.3) is 0 Å². The first-order valence-corrected chi connectivity index (χ1v) is 11.1. The van der Waals surface area contributed by atoms with Gasteiger partial charge in [0.2, 0.25) is 11.9 Å². The zero-order valence-corrected chi connectivity index (χ0v) is 19.3. The van der Waals surface area contributed by atoms with Crippen LogP contribution in [0.1, 0.15) is 24.1 Å². The highest BCUT2D eigenvalue weighted by Gasteiger charge is 2.23. The Morgan fingerprint density at radius 3 is 2.71 bits per heavy atom. The van der Waals surface area contributed by atoms with Gasteiger partial charge in [-0.05, 0) is 30.7 Å². The number of nitrogens with one attached hydrogen (secondary N) is 1. The predicted molar refractivity (Wildman–Crippen MR) is 129 cm³/mol. The van der Waals surface area contributed by atoms with Crippen molar-refractivity contribution in [2.45, 2.75) is 25.8 Å². The standard InChI is InChI=1S/C24H22N10O/c1-15-10-17(12-25)27-13-19(15)35-22-11-18(23-24(30-22)33(3)14-28-23)29-20-4-5-21(32-31-20)34-8-6-16(26-2)7-9-34/h4-5,10-11,13-14,16H,6-9H2,1,3H3,(H,29,30,31). The Hall–Kier alpha value is -4.77. The van der Waals surface area contributed by atoms with Gasteiger partial charge in [-0.15, -0.1) is 10.2 Å². The third kappa shape index (κ3) is 4.52. The van der Waals surface area contributed by atoms with Gasteiger partial charge < -0.3 is 24.4 Å². The number of piperidine rings is 1. The number of hydrogen-bond acceptors (Lipinski definition) is 9. The summed E-state index contributed by atoms with van der Waals surface area (Å²) in [5.74, 6) is 2.22. The van der Waals surface area contributed by atoms with Gasteiger partial charge >= 0.3 is 0 Å². The number of fused-ring (bicyclic) bond motifs is 1. The number of ether oxygens (including phenoxy) is 1. The number of rotatable bonds is 5. The summed E-state index contributed by atoms with van der Waals surface area (Å²) in [4.78, 5) is 18.9. The molecule has 1 saturated heterocycles. The topological polar surface area (TPSA) is 122 Å². The summed E-state index contributed by atoms with van der Waals surface area (Å²) in [6.07, 6.45) is 4.89. The smallest absolute Gasteiger partial charge is 0.227 e. The van der Waals surface area contributed by atoms with E-state index in [1.165, 1.54) is 6.20 Å². The molecular formula is C24H22N10O. The highest BCUT2D eigenvalue weighted by Crippen LogP contribution is 2.31. The summed E-state index contributed by atoms with van der Waals surface area (Å²) in [6.45, 7) is 10.7. The van der Waals surface area contributed by atoms with Gasteiger partial charge in [0.15, 0.2) is 23.0 Å². The zero-order chi connectivity index (χ0) is 24.4. The van der Waals surface area contributed by atoms with E-state index in [0.29, 0.717) is 40.0 Å². The molecule has 1 fully saturated rings. The highest BCUT2D eigenvalue weighted by atomic mass is 16.5. The number of aryl methyl sites for hydroxylation is 2. The van der Waals surface area contributed by atoms with Gasteiger partial charge in [-0.3, -0.25) is 0 Å². The van der Waals surface area contributed by atoms with E-state index in [1.54, 1.807) is 23.0 Å². The molecule has 1 aliphatic heterocycles. The molecule has 0 radical (unpaired) electrons. The van der Waals surface area contributed by atoms with Crippen LogP contribution in [0.2, 0.25) is 0 Å². The molecule has 0 amide bonds. The maximum atomic E-state index is 9.05. The average Bonchev–Trinajstić information content (AvgIpc) is 3.26. The Bertz CT molecular complexity index is 1460. The van der Waals surface area contributed by atoms with Gasteiger partial charge in [0.05, 0.1) is 18.2 Å². The molecule has 5 rings (SSSR count). The minimum Gasteiger partial charge on any atom is -0.437 e. The SMILES string of the molecule is [C-]#[N+]C1CCN(c2ccc(Nc3cc(Oc4cnc(C#N)cc4C)nc4c3ncn4C)nn2)CC1. The quantitative estimate of drug-likeness (QED) is 0.438. The van der Waals surface area contributed by atoms with Crippen LogP contribution in [0, 0.1) is 24.8 Å². The molecule has 1 aliphatic rings. The average molecular weight is 467 g/mol. The van der Waals surface area contributed by atoms with Gasteiger partial charge in [-0.2, -0.15) is 10.2 Å². The summed E-state index contributed by atoms with van der Waals surface area (Å²) in [5, 5.41) is 21.1. The van der Waals surface area contributed by atoms with Crippen molar-refractivity contribution in [2.75, 3.05) is 23.3 Å². The fraction of sp³-hybridized carbons (Fsp3) is 0.292. The molecule has 0 saturated carbocycles. The highest BCUT2D eigenvalue weighted by molar-refractivity contribution is 5.88. The molecule has 0 spiro atoms. The second kappa shape index (κ2) is 9.23. The lowest BCUT2D eigenvalue weighted by Crippen LogP contribution is -2.35. The Labute approximate surface area is 201 Å². The first kappa shape index (κ1) is 22.0. The van der Waals surface area contributed by atoms with Crippen molar-refractivity contribution in [3.05, 3.63) is 59.5 Å². The maximum Gasteiger partial charge on any atom is 0.227 e. The van der Waals surface area contributed by atoms with E-state index in [4.69, 9.17) is 16.6 Å². The third-order valence-corrected chi connectivity index (χ3v) is 5.92. The normalized spacial score (nSPS) is 13.9. The minimum absolute atomic E-state index is 0.105. The summed E-state index contributed by atoms with van der Waals surface area (Å²) >= 11 is 0. The van der Waals surface area contributed by atoms with E-state index in [0.717, 1.165) is 37.3 Å². The number of imidazole rings is 1. The lowest BCUT2D eigenvalue weighted by molar-refractivity contribution is 0.459.